The highest BCUT2D eigenvalue weighted by atomic mass is 79.9. The number of nitrogens with zero attached hydrogens (tertiary/aromatic N) is 1. The summed E-state index contributed by atoms with van der Waals surface area (Å²) in [6, 6.07) is 19.4. The van der Waals surface area contributed by atoms with Crippen molar-refractivity contribution in [1.29, 1.82) is 0 Å². The largest absolute Gasteiger partial charge is 0.493 e. The molecular formula is C25H24BrClN2O3S. The Kier molecular flexibility index (Phi) is 9.66. The molecule has 0 aliphatic carbocycles. The standard InChI is InChI=1S/C25H24BrClN2O3S/c1-17-3-5-18(6-4-17)14-32-25-22(26)11-20(12-23(25)31-2)13-28-29-24(30)16-33-15-19-7-9-21(27)10-8-19/h3-13H,14-16H2,1-2H3,(H,29,30)/b28-13-. The van der Waals surface area contributed by atoms with Gasteiger partial charge < -0.3 is 9.47 Å². The molecule has 0 aliphatic rings. The topological polar surface area (TPSA) is 59.9 Å². The van der Waals surface area contributed by atoms with Crippen molar-refractivity contribution in [1.82, 2.24) is 5.43 Å². The van der Waals surface area contributed by atoms with E-state index in [1.165, 1.54) is 17.3 Å². The van der Waals surface area contributed by atoms with Gasteiger partial charge in [0.15, 0.2) is 11.5 Å². The molecule has 0 radical (unpaired) electrons. The number of benzene rings is 3. The second-order valence-corrected chi connectivity index (χ2v) is 9.50. The molecule has 1 N–H and O–H groups in total. The summed E-state index contributed by atoms with van der Waals surface area (Å²) >= 11 is 10.9. The average Bonchev–Trinajstić information content (AvgIpc) is 2.80. The average molecular weight is 548 g/mol. The molecular weight excluding hydrogens is 524 g/mol. The van der Waals surface area contributed by atoms with Gasteiger partial charge in [-0.15, -0.1) is 11.8 Å². The number of ether oxygens (including phenoxy) is 2. The van der Waals surface area contributed by atoms with E-state index in [1.54, 1.807) is 19.4 Å². The van der Waals surface area contributed by atoms with Crippen LogP contribution in [-0.2, 0) is 17.2 Å². The van der Waals surface area contributed by atoms with Crippen LogP contribution in [0.1, 0.15) is 22.3 Å². The zero-order valence-electron chi connectivity index (χ0n) is 18.3. The predicted molar refractivity (Wildman–Crippen MR) is 140 cm³/mol. The number of methoxy groups -OCH3 is 1. The van der Waals surface area contributed by atoms with Crippen LogP contribution in [0, 0.1) is 6.92 Å². The Labute approximate surface area is 211 Å². The molecule has 0 spiro atoms. The van der Waals surface area contributed by atoms with Crippen LogP contribution in [0.2, 0.25) is 5.02 Å². The molecule has 3 aromatic rings. The first kappa shape index (κ1) is 25.1. The molecule has 3 rings (SSSR count). The van der Waals surface area contributed by atoms with E-state index in [4.69, 9.17) is 21.1 Å². The van der Waals surface area contributed by atoms with Crippen molar-refractivity contribution in [3.05, 3.63) is 92.4 Å². The van der Waals surface area contributed by atoms with E-state index in [0.717, 1.165) is 26.9 Å². The summed E-state index contributed by atoms with van der Waals surface area (Å²) in [6.45, 7) is 2.47. The molecule has 0 bridgehead atoms. The maximum atomic E-state index is 12.0. The van der Waals surface area contributed by atoms with Gasteiger partial charge in [-0.2, -0.15) is 5.10 Å². The maximum absolute atomic E-state index is 12.0. The van der Waals surface area contributed by atoms with E-state index in [1.807, 2.05) is 49.4 Å². The number of amides is 1. The first-order chi connectivity index (χ1) is 15.9. The number of carbonyl (C=O) groups excluding carboxylic acids is 1. The van der Waals surface area contributed by atoms with E-state index in [0.29, 0.717) is 28.9 Å². The van der Waals surface area contributed by atoms with Gasteiger partial charge in [-0.3, -0.25) is 4.79 Å². The summed E-state index contributed by atoms with van der Waals surface area (Å²) in [5, 5.41) is 4.75. The molecule has 0 fully saturated rings. The first-order valence-corrected chi connectivity index (χ1v) is 12.5. The van der Waals surface area contributed by atoms with Crippen molar-refractivity contribution in [3.63, 3.8) is 0 Å². The van der Waals surface area contributed by atoms with Crippen molar-refractivity contribution < 1.29 is 14.3 Å². The van der Waals surface area contributed by atoms with Crippen molar-refractivity contribution in [3.8, 4) is 11.5 Å². The van der Waals surface area contributed by atoms with E-state index >= 15 is 0 Å². The number of hydrazone groups is 1. The lowest BCUT2D eigenvalue weighted by molar-refractivity contribution is -0.118. The Balaban J connectivity index is 1.52. The summed E-state index contributed by atoms with van der Waals surface area (Å²) in [5.41, 5.74) is 6.69. The molecule has 0 saturated carbocycles. The van der Waals surface area contributed by atoms with Crippen molar-refractivity contribution in [2.45, 2.75) is 19.3 Å². The Morgan fingerprint density at radius 2 is 1.82 bits per heavy atom. The van der Waals surface area contributed by atoms with E-state index in [-0.39, 0.29) is 5.91 Å². The van der Waals surface area contributed by atoms with Gasteiger partial charge in [-0.25, -0.2) is 5.43 Å². The number of hydrogen-bond acceptors (Lipinski definition) is 5. The molecule has 1 amide bonds. The minimum Gasteiger partial charge on any atom is -0.493 e. The fourth-order valence-corrected chi connectivity index (χ4v) is 4.33. The summed E-state index contributed by atoms with van der Waals surface area (Å²) < 4.78 is 12.2. The van der Waals surface area contributed by atoms with Gasteiger partial charge in [0.05, 0.1) is 23.5 Å². The molecule has 0 aromatic heterocycles. The molecule has 0 aliphatic heterocycles. The third-order valence-electron chi connectivity index (χ3n) is 4.57. The fourth-order valence-electron chi connectivity index (χ4n) is 2.85. The number of hydrogen-bond donors (Lipinski definition) is 1. The van der Waals surface area contributed by atoms with Gasteiger partial charge in [-0.1, -0.05) is 53.6 Å². The minimum atomic E-state index is -0.172. The lowest BCUT2D eigenvalue weighted by atomic mass is 10.2. The summed E-state index contributed by atoms with van der Waals surface area (Å²) in [7, 11) is 1.58. The Hall–Kier alpha value is -2.48. The predicted octanol–water partition coefficient (Wildman–Crippen LogP) is 6.38. The highest BCUT2D eigenvalue weighted by molar-refractivity contribution is 9.10. The second kappa shape index (κ2) is 12.7. The molecule has 5 nitrogen and oxygen atoms in total. The van der Waals surface area contributed by atoms with Gasteiger partial charge in [0.2, 0.25) is 5.91 Å². The van der Waals surface area contributed by atoms with Gasteiger partial charge in [0.1, 0.15) is 6.61 Å². The lowest BCUT2D eigenvalue weighted by Gasteiger charge is -2.13. The molecule has 8 heteroatoms. The maximum Gasteiger partial charge on any atom is 0.250 e. The van der Waals surface area contributed by atoms with Crippen LogP contribution in [0.25, 0.3) is 0 Å². The van der Waals surface area contributed by atoms with Gasteiger partial charge >= 0.3 is 0 Å². The zero-order valence-corrected chi connectivity index (χ0v) is 21.5. The van der Waals surface area contributed by atoms with Crippen LogP contribution in [0.3, 0.4) is 0 Å². The summed E-state index contributed by atoms with van der Waals surface area (Å²) in [5.74, 6) is 2.04. The SMILES string of the molecule is COc1cc(/C=N\NC(=O)CSCc2ccc(Cl)cc2)cc(Br)c1OCc1ccc(C)cc1. The number of aryl methyl sites for hydroxylation is 1. The van der Waals surface area contributed by atoms with Crippen LogP contribution >= 0.6 is 39.3 Å². The van der Waals surface area contributed by atoms with Crippen LogP contribution in [-0.4, -0.2) is 25.0 Å². The zero-order chi connectivity index (χ0) is 23.6. The van der Waals surface area contributed by atoms with Crippen LogP contribution in [0.4, 0.5) is 0 Å². The van der Waals surface area contributed by atoms with Gasteiger partial charge in [-0.05, 0) is 63.8 Å². The van der Waals surface area contributed by atoms with Crippen LogP contribution < -0.4 is 14.9 Å². The van der Waals surface area contributed by atoms with Gasteiger partial charge in [0, 0.05) is 10.8 Å². The molecule has 3 aromatic carbocycles. The summed E-state index contributed by atoms with van der Waals surface area (Å²) in [6.07, 6.45) is 1.57. The molecule has 0 heterocycles. The van der Waals surface area contributed by atoms with Gasteiger partial charge in [0.25, 0.3) is 0 Å². The normalized spacial score (nSPS) is 10.9. The highest BCUT2D eigenvalue weighted by Gasteiger charge is 2.12. The number of rotatable bonds is 10. The third kappa shape index (κ3) is 8.11. The quantitative estimate of drug-likeness (QED) is 0.236. The highest BCUT2D eigenvalue weighted by Crippen LogP contribution is 2.36. The minimum absolute atomic E-state index is 0.172. The molecule has 0 atom stereocenters. The first-order valence-electron chi connectivity index (χ1n) is 10.1. The number of nitrogens with one attached hydrogen (secondary N) is 1. The van der Waals surface area contributed by atoms with Crippen LogP contribution in [0.15, 0.2) is 70.2 Å². The monoisotopic (exact) mass is 546 g/mol. The fraction of sp³-hybridized carbons (Fsp3) is 0.200. The molecule has 0 unspecified atom stereocenters. The lowest BCUT2D eigenvalue weighted by Crippen LogP contribution is -2.19. The van der Waals surface area contributed by atoms with Crippen molar-refractivity contribution in [2.24, 2.45) is 5.10 Å². The second-order valence-electron chi connectivity index (χ2n) is 7.22. The number of thioether (sulfide) groups is 1. The van der Waals surface area contributed by atoms with E-state index in [2.05, 4.69) is 38.6 Å². The molecule has 172 valence electrons. The van der Waals surface area contributed by atoms with Crippen LogP contribution in [0.5, 0.6) is 11.5 Å². The Morgan fingerprint density at radius 3 is 2.52 bits per heavy atom. The van der Waals surface area contributed by atoms with Crippen molar-refractivity contribution >= 4 is 51.4 Å². The molecule has 0 saturated heterocycles. The number of carbonyl (C=O) groups is 1. The molecule has 33 heavy (non-hydrogen) atoms. The smallest absolute Gasteiger partial charge is 0.250 e. The third-order valence-corrected chi connectivity index (χ3v) is 6.42. The van der Waals surface area contributed by atoms with E-state index in [9.17, 15) is 4.79 Å². The number of halogens is 2. The summed E-state index contributed by atoms with van der Waals surface area (Å²) in [4.78, 5) is 12.0. The Morgan fingerprint density at radius 1 is 1.12 bits per heavy atom. The Bertz CT molecular complexity index is 1110. The van der Waals surface area contributed by atoms with Crippen molar-refractivity contribution in [2.75, 3.05) is 12.9 Å². The van der Waals surface area contributed by atoms with E-state index < -0.39 is 0 Å².